The number of hydrogen-bond acceptors (Lipinski definition) is 4. The van der Waals surface area contributed by atoms with Gasteiger partial charge in [-0.05, 0) is 54.7 Å². The molecular formula is C16H25N5. The van der Waals surface area contributed by atoms with Gasteiger partial charge >= 0.3 is 0 Å². The highest BCUT2D eigenvalue weighted by Gasteiger charge is 2.31. The quantitative estimate of drug-likeness (QED) is 0.878. The molecule has 5 nitrogen and oxygen atoms in total. The van der Waals surface area contributed by atoms with Crippen LogP contribution in [0.4, 0.5) is 5.69 Å². The lowest BCUT2D eigenvalue weighted by Gasteiger charge is -2.33. The summed E-state index contributed by atoms with van der Waals surface area (Å²) in [6, 6.07) is 5.85. The van der Waals surface area contributed by atoms with E-state index in [4.69, 9.17) is 5.73 Å². The second-order valence-electron chi connectivity index (χ2n) is 7.48. The van der Waals surface area contributed by atoms with Gasteiger partial charge in [-0.3, -0.25) is 0 Å². The third kappa shape index (κ3) is 3.23. The summed E-state index contributed by atoms with van der Waals surface area (Å²) in [6.07, 6.45) is 0.972. The number of tetrazole rings is 1. The SMILES string of the molecule is Cc1c(N)cccc1-c1nnnn1C(C)(C)CC(C)(C)C. The summed E-state index contributed by atoms with van der Waals surface area (Å²) in [7, 11) is 0. The maximum Gasteiger partial charge on any atom is 0.182 e. The monoisotopic (exact) mass is 287 g/mol. The van der Waals surface area contributed by atoms with Gasteiger partial charge in [0.2, 0.25) is 0 Å². The molecule has 0 atom stereocenters. The Morgan fingerprint density at radius 1 is 1.14 bits per heavy atom. The van der Waals surface area contributed by atoms with Crippen molar-refractivity contribution in [3.8, 4) is 11.4 Å². The maximum atomic E-state index is 6.01. The van der Waals surface area contributed by atoms with E-state index in [2.05, 4.69) is 50.1 Å². The molecule has 0 bridgehead atoms. The van der Waals surface area contributed by atoms with Crippen LogP contribution in [0.5, 0.6) is 0 Å². The van der Waals surface area contributed by atoms with Crippen molar-refractivity contribution in [2.24, 2.45) is 5.41 Å². The zero-order chi connectivity index (χ0) is 15.8. The number of benzene rings is 1. The first kappa shape index (κ1) is 15.5. The van der Waals surface area contributed by atoms with E-state index in [9.17, 15) is 0 Å². The van der Waals surface area contributed by atoms with Crippen LogP contribution in [0.15, 0.2) is 18.2 Å². The molecule has 0 saturated heterocycles. The zero-order valence-electron chi connectivity index (χ0n) is 13.8. The van der Waals surface area contributed by atoms with Gasteiger partial charge in [0, 0.05) is 11.3 Å². The molecule has 0 aliphatic carbocycles. The van der Waals surface area contributed by atoms with Crippen molar-refractivity contribution < 1.29 is 0 Å². The molecule has 0 radical (unpaired) electrons. The van der Waals surface area contributed by atoms with Crippen LogP contribution in [-0.2, 0) is 5.54 Å². The van der Waals surface area contributed by atoms with Gasteiger partial charge in [0.25, 0.3) is 0 Å². The fraction of sp³-hybridized carbons (Fsp3) is 0.562. The van der Waals surface area contributed by atoms with Crippen molar-refractivity contribution in [2.75, 3.05) is 5.73 Å². The molecule has 0 aliphatic heterocycles. The third-order valence-corrected chi connectivity index (χ3v) is 3.62. The summed E-state index contributed by atoms with van der Waals surface area (Å²) in [6.45, 7) is 13.0. The lowest BCUT2D eigenvalue weighted by molar-refractivity contribution is 0.197. The lowest BCUT2D eigenvalue weighted by Crippen LogP contribution is -2.33. The van der Waals surface area contributed by atoms with Crippen LogP contribution in [-0.4, -0.2) is 20.2 Å². The Morgan fingerprint density at radius 2 is 1.81 bits per heavy atom. The summed E-state index contributed by atoms with van der Waals surface area (Å²) in [5.74, 6) is 0.772. The second kappa shape index (κ2) is 5.13. The van der Waals surface area contributed by atoms with Crippen molar-refractivity contribution in [2.45, 2.75) is 53.5 Å². The standard InChI is InChI=1S/C16H25N5/c1-11-12(8-7-9-13(11)17)14-18-19-20-21(14)16(5,6)10-15(2,3)4/h7-9H,10,17H2,1-6H3. The van der Waals surface area contributed by atoms with Gasteiger partial charge in [0.15, 0.2) is 5.82 Å². The Balaban J connectivity index is 2.50. The molecule has 2 aromatic rings. The molecule has 1 aromatic carbocycles. The first-order valence-electron chi connectivity index (χ1n) is 7.26. The van der Waals surface area contributed by atoms with Crippen molar-refractivity contribution in [1.29, 1.82) is 0 Å². The van der Waals surface area contributed by atoms with E-state index in [1.54, 1.807) is 0 Å². The molecule has 0 saturated carbocycles. The minimum Gasteiger partial charge on any atom is -0.398 e. The Bertz CT molecular complexity index is 634. The Hall–Kier alpha value is -1.91. The van der Waals surface area contributed by atoms with Gasteiger partial charge in [-0.15, -0.1) is 5.10 Å². The van der Waals surface area contributed by atoms with Crippen molar-refractivity contribution >= 4 is 5.69 Å². The summed E-state index contributed by atoms with van der Waals surface area (Å²) < 4.78 is 1.92. The van der Waals surface area contributed by atoms with Crippen molar-refractivity contribution in [3.05, 3.63) is 23.8 Å². The molecule has 21 heavy (non-hydrogen) atoms. The van der Waals surface area contributed by atoms with Gasteiger partial charge in [-0.25, -0.2) is 4.68 Å². The highest BCUT2D eigenvalue weighted by atomic mass is 15.6. The molecule has 114 valence electrons. The van der Waals surface area contributed by atoms with Crippen LogP contribution in [0, 0.1) is 12.3 Å². The molecular weight excluding hydrogens is 262 g/mol. The van der Waals surface area contributed by atoms with E-state index >= 15 is 0 Å². The number of anilines is 1. The minimum absolute atomic E-state index is 0.172. The van der Waals surface area contributed by atoms with Crippen LogP contribution in [0.2, 0.25) is 0 Å². The number of nitrogen functional groups attached to an aromatic ring is 1. The molecule has 2 rings (SSSR count). The van der Waals surface area contributed by atoms with E-state index in [1.807, 2.05) is 29.8 Å². The Morgan fingerprint density at radius 3 is 2.43 bits per heavy atom. The van der Waals surface area contributed by atoms with E-state index in [1.165, 1.54) is 0 Å². The number of nitrogens with zero attached hydrogens (tertiary/aromatic N) is 4. The number of aromatic nitrogens is 4. The van der Waals surface area contributed by atoms with E-state index < -0.39 is 0 Å². The Kier molecular flexibility index (Phi) is 3.78. The molecule has 0 amide bonds. The van der Waals surface area contributed by atoms with Crippen molar-refractivity contribution in [1.82, 2.24) is 20.2 Å². The summed E-state index contributed by atoms with van der Waals surface area (Å²) in [4.78, 5) is 0. The molecule has 0 unspecified atom stereocenters. The molecule has 1 aromatic heterocycles. The van der Waals surface area contributed by atoms with Gasteiger partial charge in [0.1, 0.15) is 0 Å². The smallest absolute Gasteiger partial charge is 0.182 e. The molecule has 2 N–H and O–H groups in total. The number of nitrogens with two attached hydrogens (primary N) is 1. The summed E-state index contributed by atoms with van der Waals surface area (Å²) in [5.41, 5.74) is 8.79. The van der Waals surface area contributed by atoms with Crippen molar-refractivity contribution in [3.63, 3.8) is 0 Å². The zero-order valence-corrected chi connectivity index (χ0v) is 13.8. The second-order valence-corrected chi connectivity index (χ2v) is 7.48. The highest BCUT2D eigenvalue weighted by Crippen LogP contribution is 2.35. The van der Waals surface area contributed by atoms with Crippen LogP contribution in [0.1, 0.15) is 46.6 Å². The number of hydrogen-bond donors (Lipinski definition) is 1. The van der Waals surface area contributed by atoms with E-state index in [0.717, 1.165) is 29.1 Å². The number of rotatable bonds is 3. The lowest BCUT2D eigenvalue weighted by atomic mass is 9.81. The summed E-state index contributed by atoms with van der Waals surface area (Å²) in [5, 5.41) is 12.4. The van der Waals surface area contributed by atoms with Gasteiger partial charge in [-0.2, -0.15) is 0 Å². The minimum atomic E-state index is -0.172. The maximum absolute atomic E-state index is 6.01. The first-order chi connectivity index (χ1) is 9.62. The predicted octanol–water partition coefficient (Wildman–Crippen LogP) is 3.40. The average Bonchev–Trinajstić information content (AvgIpc) is 2.79. The fourth-order valence-electron chi connectivity index (χ4n) is 3.03. The molecule has 0 fully saturated rings. The van der Waals surface area contributed by atoms with Crippen LogP contribution in [0.3, 0.4) is 0 Å². The van der Waals surface area contributed by atoms with Crippen LogP contribution in [0.25, 0.3) is 11.4 Å². The van der Waals surface area contributed by atoms with Gasteiger partial charge < -0.3 is 5.73 Å². The normalized spacial score (nSPS) is 12.7. The highest BCUT2D eigenvalue weighted by molar-refractivity contribution is 5.67. The molecule has 5 heteroatoms. The molecule has 0 aliphatic rings. The van der Waals surface area contributed by atoms with Crippen LogP contribution >= 0.6 is 0 Å². The fourth-order valence-corrected chi connectivity index (χ4v) is 3.03. The predicted molar refractivity (Wildman–Crippen MR) is 85.8 cm³/mol. The van der Waals surface area contributed by atoms with Gasteiger partial charge in [-0.1, -0.05) is 32.9 Å². The Labute approximate surface area is 126 Å². The topological polar surface area (TPSA) is 69.6 Å². The van der Waals surface area contributed by atoms with E-state index in [-0.39, 0.29) is 11.0 Å². The van der Waals surface area contributed by atoms with Crippen LogP contribution < -0.4 is 5.73 Å². The largest absolute Gasteiger partial charge is 0.398 e. The average molecular weight is 287 g/mol. The summed E-state index contributed by atoms with van der Waals surface area (Å²) >= 11 is 0. The molecule has 0 spiro atoms. The van der Waals surface area contributed by atoms with Gasteiger partial charge in [0.05, 0.1) is 5.54 Å². The van der Waals surface area contributed by atoms with E-state index in [0.29, 0.717) is 0 Å². The third-order valence-electron chi connectivity index (χ3n) is 3.62. The first-order valence-corrected chi connectivity index (χ1v) is 7.26. The molecule has 1 heterocycles.